The molecule has 0 aliphatic heterocycles. The number of nitrogens with zero attached hydrogens (tertiary/aromatic N) is 1. The van der Waals surface area contributed by atoms with Gasteiger partial charge in [-0.1, -0.05) is 34.6 Å². The van der Waals surface area contributed by atoms with E-state index in [1.54, 1.807) is 0 Å². The summed E-state index contributed by atoms with van der Waals surface area (Å²) in [6.07, 6.45) is 2.44. The molecule has 0 aliphatic carbocycles. The second-order valence-electron chi connectivity index (χ2n) is 5.27. The second kappa shape index (κ2) is 6.41. The predicted molar refractivity (Wildman–Crippen MR) is 64.5 cm³/mol. The van der Waals surface area contributed by atoms with Gasteiger partial charge in [-0.25, -0.2) is 0 Å². The number of rotatable bonds is 6. The first-order valence-corrected chi connectivity index (χ1v) is 5.89. The first kappa shape index (κ1) is 13.9. The molecular formula is C12H28N2. The highest BCUT2D eigenvalue weighted by Crippen LogP contribution is 2.18. The van der Waals surface area contributed by atoms with Gasteiger partial charge in [0.25, 0.3) is 0 Å². The average molecular weight is 200 g/mol. The molecule has 2 N–H and O–H groups in total. The van der Waals surface area contributed by atoms with Crippen molar-refractivity contribution in [3.63, 3.8) is 0 Å². The van der Waals surface area contributed by atoms with E-state index in [0.29, 0.717) is 0 Å². The molecule has 0 aromatic heterocycles. The first-order valence-electron chi connectivity index (χ1n) is 5.89. The second-order valence-corrected chi connectivity index (χ2v) is 5.27. The van der Waals surface area contributed by atoms with Gasteiger partial charge in [-0.15, -0.1) is 0 Å². The van der Waals surface area contributed by atoms with E-state index >= 15 is 0 Å². The Labute approximate surface area is 89.9 Å². The monoisotopic (exact) mass is 200 g/mol. The summed E-state index contributed by atoms with van der Waals surface area (Å²) in [5.41, 5.74) is 6.39. The van der Waals surface area contributed by atoms with Crippen LogP contribution in [0.15, 0.2) is 0 Å². The molecule has 2 heteroatoms. The number of hydrogen-bond donors (Lipinski definition) is 1. The minimum absolute atomic E-state index is 0.222. The van der Waals surface area contributed by atoms with Crippen molar-refractivity contribution in [2.45, 2.75) is 53.5 Å². The normalized spacial score (nSPS) is 14.8. The molecule has 0 aromatic rings. The van der Waals surface area contributed by atoms with Crippen LogP contribution in [-0.4, -0.2) is 30.6 Å². The molecule has 0 unspecified atom stereocenters. The molecule has 14 heavy (non-hydrogen) atoms. The van der Waals surface area contributed by atoms with Crippen LogP contribution in [0.1, 0.15) is 47.5 Å². The van der Waals surface area contributed by atoms with Crippen LogP contribution in [0.2, 0.25) is 0 Å². The van der Waals surface area contributed by atoms with Crippen LogP contribution in [0.5, 0.6) is 0 Å². The fraction of sp³-hybridized carbons (Fsp3) is 1.00. The van der Waals surface area contributed by atoms with Gasteiger partial charge in [-0.2, -0.15) is 0 Å². The highest BCUT2D eigenvalue weighted by molar-refractivity contribution is 4.80. The third kappa shape index (κ3) is 5.61. The van der Waals surface area contributed by atoms with Crippen LogP contribution in [-0.2, 0) is 0 Å². The van der Waals surface area contributed by atoms with Gasteiger partial charge < -0.3 is 10.6 Å². The molecule has 2 nitrogen and oxygen atoms in total. The van der Waals surface area contributed by atoms with Crippen molar-refractivity contribution in [3.05, 3.63) is 0 Å². The Morgan fingerprint density at radius 3 is 1.79 bits per heavy atom. The standard InChI is InChI=1S/C12H28N2/c1-6-8-14(9-7-2)10-11(13)12(3,4)5/h11H,6-10,13H2,1-5H3/t11-/m1/s1. The van der Waals surface area contributed by atoms with Gasteiger partial charge >= 0.3 is 0 Å². The molecule has 0 amide bonds. The van der Waals surface area contributed by atoms with Crippen LogP contribution >= 0.6 is 0 Å². The maximum absolute atomic E-state index is 6.17. The van der Waals surface area contributed by atoms with Crippen LogP contribution in [0.25, 0.3) is 0 Å². The highest BCUT2D eigenvalue weighted by atomic mass is 15.1. The third-order valence-electron chi connectivity index (χ3n) is 2.65. The number of hydrogen-bond acceptors (Lipinski definition) is 2. The lowest BCUT2D eigenvalue weighted by Gasteiger charge is -2.32. The van der Waals surface area contributed by atoms with Crippen molar-refractivity contribution in [3.8, 4) is 0 Å². The summed E-state index contributed by atoms with van der Waals surface area (Å²) in [4.78, 5) is 2.48. The van der Waals surface area contributed by atoms with E-state index in [-0.39, 0.29) is 11.5 Å². The van der Waals surface area contributed by atoms with Gasteiger partial charge in [-0.3, -0.25) is 0 Å². The third-order valence-corrected chi connectivity index (χ3v) is 2.65. The van der Waals surface area contributed by atoms with Crippen molar-refractivity contribution >= 4 is 0 Å². The maximum Gasteiger partial charge on any atom is 0.0217 e. The smallest absolute Gasteiger partial charge is 0.0217 e. The van der Waals surface area contributed by atoms with Crippen molar-refractivity contribution in [2.75, 3.05) is 19.6 Å². The summed E-state index contributed by atoms with van der Waals surface area (Å²) in [5.74, 6) is 0. The average Bonchev–Trinajstić information content (AvgIpc) is 2.03. The van der Waals surface area contributed by atoms with E-state index in [1.807, 2.05) is 0 Å². The summed E-state index contributed by atoms with van der Waals surface area (Å²) in [5, 5.41) is 0. The van der Waals surface area contributed by atoms with Gasteiger partial charge in [-0.05, 0) is 31.3 Å². The Kier molecular flexibility index (Phi) is 6.38. The largest absolute Gasteiger partial charge is 0.326 e. The SMILES string of the molecule is CCCN(CCC)C[C@@H](N)C(C)(C)C. The topological polar surface area (TPSA) is 29.3 Å². The van der Waals surface area contributed by atoms with Gasteiger partial charge in [0, 0.05) is 12.6 Å². The van der Waals surface area contributed by atoms with Gasteiger partial charge in [0.2, 0.25) is 0 Å². The first-order chi connectivity index (χ1) is 6.41. The van der Waals surface area contributed by atoms with Crippen LogP contribution in [0.4, 0.5) is 0 Å². The Morgan fingerprint density at radius 2 is 1.50 bits per heavy atom. The Balaban J connectivity index is 4.01. The van der Waals surface area contributed by atoms with Gasteiger partial charge in [0.1, 0.15) is 0 Å². The molecule has 0 bridgehead atoms. The van der Waals surface area contributed by atoms with Gasteiger partial charge in [0.15, 0.2) is 0 Å². The van der Waals surface area contributed by atoms with Crippen molar-refractivity contribution < 1.29 is 0 Å². The molecule has 86 valence electrons. The molecule has 0 aromatic carbocycles. The molecule has 0 aliphatic rings. The molecular weight excluding hydrogens is 172 g/mol. The van der Waals surface area contributed by atoms with E-state index in [0.717, 1.165) is 6.54 Å². The molecule has 0 saturated heterocycles. The highest BCUT2D eigenvalue weighted by Gasteiger charge is 2.22. The molecule has 0 spiro atoms. The fourth-order valence-corrected chi connectivity index (χ4v) is 1.48. The summed E-state index contributed by atoms with van der Waals surface area (Å²) >= 11 is 0. The van der Waals surface area contributed by atoms with E-state index in [9.17, 15) is 0 Å². The van der Waals surface area contributed by atoms with Crippen molar-refractivity contribution in [2.24, 2.45) is 11.1 Å². The zero-order chi connectivity index (χ0) is 11.2. The lowest BCUT2D eigenvalue weighted by molar-refractivity contribution is 0.199. The van der Waals surface area contributed by atoms with Crippen molar-refractivity contribution in [1.29, 1.82) is 0 Å². The van der Waals surface area contributed by atoms with Gasteiger partial charge in [0.05, 0.1) is 0 Å². The molecule has 0 radical (unpaired) electrons. The zero-order valence-electron chi connectivity index (χ0n) is 10.6. The Morgan fingerprint density at radius 1 is 1.07 bits per heavy atom. The summed E-state index contributed by atoms with van der Waals surface area (Å²) in [6, 6.07) is 0.278. The molecule has 0 rings (SSSR count). The minimum atomic E-state index is 0.222. The molecule has 0 fully saturated rings. The Bertz CT molecular complexity index is 132. The van der Waals surface area contributed by atoms with Crippen molar-refractivity contribution in [1.82, 2.24) is 4.90 Å². The summed E-state index contributed by atoms with van der Waals surface area (Å²) in [6.45, 7) is 14.5. The fourth-order valence-electron chi connectivity index (χ4n) is 1.48. The predicted octanol–water partition coefficient (Wildman–Crippen LogP) is 2.48. The van der Waals surface area contributed by atoms with E-state index in [4.69, 9.17) is 5.73 Å². The van der Waals surface area contributed by atoms with Crippen LogP contribution in [0, 0.1) is 5.41 Å². The summed E-state index contributed by atoms with van der Waals surface area (Å²) in [7, 11) is 0. The lowest BCUT2D eigenvalue weighted by Crippen LogP contribution is -2.45. The van der Waals surface area contributed by atoms with E-state index in [2.05, 4.69) is 39.5 Å². The molecule has 1 atom stereocenters. The molecule has 0 saturated carbocycles. The minimum Gasteiger partial charge on any atom is -0.326 e. The quantitative estimate of drug-likeness (QED) is 0.714. The van der Waals surface area contributed by atoms with E-state index in [1.165, 1.54) is 25.9 Å². The zero-order valence-corrected chi connectivity index (χ0v) is 10.6. The van der Waals surface area contributed by atoms with Crippen LogP contribution in [0.3, 0.4) is 0 Å². The van der Waals surface area contributed by atoms with E-state index < -0.39 is 0 Å². The number of nitrogens with two attached hydrogens (primary N) is 1. The van der Waals surface area contributed by atoms with Crippen LogP contribution < -0.4 is 5.73 Å². The Hall–Kier alpha value is -0.0800. The molecule has 0 heterocycles. The summed E-state index contributed by atoms with van der Waals surface area (Å²) < 4.78 is 0. The maximum atomic E-state index is 6.17. The lowest BCUT2D eigenvalue weighted by atomic mass is 9.87.